The first-order valence-corrected chi connectivity index (χ1v) is 6.10. The second kappa shape index (κ2) is 4.06. The highest BCUT2D eigenvalue weighted by atomic mass is 15.3. The summed E-state index contributed by atoms with van der Waals surface area (Å²) in [7, 11) is 2.26. The van der Waals surface area contributed by atoms with Crippen molar-refractivity contribution >= 4 is 0 Å². The van der Waals surface area contributed by atoms with Crippen LogP contribution < -0.4 is 0 Å². The molecule has 1 atom stereocenters. The van der Waals surface area contributed by atoms with Crippen molar-refractivity contribution in [2.45, 2.75) is 65.1 Å². The number of hydrogen-bond donors (Lipinski definition) is 0. The molecule has 2 heteroatoms. The summed E-state index contributed by atoms with van der Waals surface area (Å²) >= 11 is 0. The van der Waals surface area contributed by atoms with Gasteiger partial charge < -0.3 is 0 Å². The first-order chi connectivity index (χ1) is 6.62. The molecule has 0 aromatic rings. The SMILES string of the molecule is CN(C1CCN(C(C)(C)C)C1)C(C)(C)C. The lowest BCUT2D eigenvalue weighted by Crippen LogP contribution is -2.48. The van der Waals surface area contributed by atoms with Crippen molar-refractivity contribution in [1.29, 1.82) is 0 Å². The van der Waals surface area contributed by atoms with Gasteiger partial charge in [0.05, 0.1) is 0 Å². The highest BCUT2D eigenvalue weighted by Crippen LogP contribution is 2.26. The maximum absolute atomic E-state index is 2.60. The van der Waals surface area contributed by atoms with Gasteiger partial charge in [-0.15, -0.1) is 0 Å². The van der Waals surface area contributed by atoms with E-state index in [-0.39, 0.29) is 0 Å². The van der Waals surface area contributed by atoms with Crippen molar-refractivity contribution in [2.24, 2.45) is 0 Å². The minimum absolute atomic E-state index is 0.290. The summed E-state index contributed by atoms with van der Waals surface area (Å²) in [6.45, 7) is 16.3. The van der Waals surface area contributed by atoms with E-state index in [1.807, 2.05) is 0 Å². The molecule has 0 aromatic heterocycles. The molecule has 90 valence electrons. The molecule has 0 saturated carbocycles. The fourth-order valence-electron chi connectivity index (χ4n) is 2.21. The van der Waals surface area contributed by atoms with Gasteiger partial charge in [-0.05, 0) is 55.0 Å². The summed E-state index contributed by atoms with van der Waals surface area (Å²) in [6.07, 6.45) is 1.31. The van der Waals surface area contributed by atoms with E-state index in [0.717, 1.165) is 6.04 Å². The van der Waals surface area contributed by atoms with Crippen LogP contribution in [0.3, 0.4) is 0 Å². The van der Waals surface area contributed by atoms with Crippen molar-refractivity contribution in [3.63, 3.8) is 0 Å². The Balaban J connectivity index is 2.57. The van der Waals surface area contributed by atoms with Crippen molar-refractivity contribution in [2.75, 3.05) is 20.1 Å². The Morgan fingerprint density at radius 2 is 1.60 bits per heavy atom. The topological polar surface area (TPSA) is 6.48 Å². The molecule has 1 rings (SSSR count). The third-order valence-corrected chi connectivity index (χ3v) is 3.72. The zero-order valence-corrected chi connectivity index (χ0v) is 11.6. The second-order valence-electron chi connectivity index (χ2n) is 6.84. The maximum Gasteiger partial charge on any atom is 0.0237 e. The monoisotopic (exact) mass is 212 g/mol. The standard InChI is InChI=1S/C13H28N2/c1-12(2,3)14(7)11-8-9-15(10-11)13(4,5)6/h11H,8-10H2,1-7H3. The molecule has 1 aliphatic rings. The minimum Gasteiger partial charge on any atom is -0.297 e. The van der Waals surface area contributed by atoms with Crippen molar-refractivity contribution in [1.82, 2.24) is 9.80 Å². The first kappa shape index (κ1) is 13.0. The van der Waals surface area contributed by atoms with Crippen LogP contribution in [-0.2, 0) is 0 Å². The van der Waals surface area contributed by atoms with Gasteiger partial charge in [0.1, 0.15) is 0 Å². The van der Waals surface area contributed by atoms with E-state index in [0.29, 0.717) is 11.1 Å². The van der Waals surface area contributed by atoms with E-state index in [1.54, 1.807) is 0 Å². The van der Waals surface area contributed by atoms with E-state index in [4.69, 9.17) is 0 Å². The van der Waals surface area contributed by atoms with E-state index < -0.39 is 0 Å². The number of hydrogen-bond acceptors (Lipinski definition) is 2. The smallest absolute Gasteiger partial charge is 0.0237 e. The Kier molecular flexibility index (Phi) is 3.52. The van der Waals surface area contributed by atoms with Gasteiger partial charge in [-0.1, -0.05) is 0 Å². The third-order valence-electron chi connectivity index (χ3n) is 3.72. The lowest BCUT2D eigenvalue weighted by atomic mass is 10.0. The first-order valence-electron chi connectivity index (χ1n) is 6.10. The molecule has 0 amide bonds. The Labute approximate surface area is 95.6 Å². The predicted molar refractivity (Wildman–Crippen MR) is 67.2 cm³/mol. The van der Waals surface area contributed by atoms with Crippen LogP contribution in [0.15, 0.2) is 0 Å². The molecule has 1 fully saturated rings. The van der Waals surface area contributed by atoms with Gasteiger partial charge in [0.25, 0.3) is 0 Å². The molecule has 2 nitrogen and oxygen atoms in total. The predicted octanol–water partition coefficient (Wildman–Crippen LogP) is 2.59. The van der Waals surface area contributed by atoms with Gasteiger partial charge in [0, 0.05) is 30.2 Å². The van der Waals surface area contributed by atoms with E-state index >= 15 is 0 Å². The molecule has 0 bridgehead atoms. The lowest BCUT2D eigenvalue weighted by molar-refractivity contribution is 0.102. The summed E-state index contributed by atoms with van der Waals surface area (Å²) < 4.78 is 0. The Bertz CT molecular complexity index is 210. The molecule has 0 aromatic carbocycles. The van der Waals surface area contributed by atoms with Crippen LogP contribution in [0.25, 0.3) is 0 Å². The van der Waals surface area contributed by atoms with Crippen LogP contribution in [0, 0.1) is 0 Å². The number of nitrogens with zero attached hydrogens (tertiary/aromatic N) is 2. The van der Waals surface area contributed by atoms with Crippen molar-refractivity contribution < 1.29 is 0 Å². The molecule has 1 saturated heterocycles. The minimum atomic E-state index is 0.290. The number of likely N-dealkylation sites (N-methyl/N-ethyl adjacent to an activating group) is 1. The molecule has 15 heavy (non-hydrogen) atoms. The summed E-state index contributed by atoms with van der Waals surface area (Å²) in [4.78, 5) is 5.12. The van der Waals surface area contributed by atoms with E-state index in [1.165, 1.54) is 19.5 Å². The van der Waals surface area contributed by atoms with Crippen molar-refractivity contribution in [3.05, 3.63) is 0 Å². The van der Waals surface area contributed by atoms with Crippen LogP contribution in [0.5, 0.6) is 0 Å². The fourth-order valence-corrected chi connectivity index (χ4v) is 2.21. The van der Waals surface area contributed by atoms with Gasteiger partial charge in [-0.25, -0.2) is 0 Å². The zero-order valence-electron chi connectivity index (χ0n) is 11.6. The second-order valence-corrected chi connectivity index (χ2v) is 6.84. The summed E-state index contributed by atoms with van der Waals surface area (Å²) in [5.41, 5.74) is 0.617. The van der Waals surface area contributed by atoms with Gasteiger partial charge >= 0.3 is 0 Å². The molecular weight excluding hydrogens is 184 g/mol. The van der Waals surface area contributed by atoms with Crippen LogP contribution >= 0.6 is 0 Å². The fraction of sp³-hybridized carbons (Fsp3) is 1.00. The molecule has 0 spiro atoms. The van der Waals surface area contributed by atoms with Crippen LogP contribution in [0.4, 0.5) is 0 Å². The van der Waals surface area contributed by atoms with E-state index in [2.05, 4.69) is 58.4 Å². The highest BCUT2D eigenvalue weighted by molar-refractivity contribution is 4.91. The lowest BCUT2D eigenvalue weighted by Gasteiger charge is -2.38. The third kappa shape index (κ3) is 3.18. The summed E-state index contributed by atoms with van der Waals surface area (Å²) in [5.74, 6) is 0. The number of rotatable bonds is 1. The normalized spacial score (nSPS) is 25.2. The Morgan fingerprint density at radius 3 is 1.93 bits per heavy atom. The zero-order chi connectivity index (χ0) is 11.9. The van der Waals surface area contributed by atoms with Gasteiger partial charge in [-0.3, -0.25) is 9.80 Å². The van der Waals surface area contributed by atoms with Crippen LogP contribution in [0.1, 0.15) is 48.0 Å². The van der Waals surface area contributed by atoms with Gasteiger partial charge in [0.15, 0.2) is 0 Å². The Morgan fingerprint density at radius 1 is 1.07 bits per heavy atom. The van der Waals surface area contributed by atoms with Crippen LogP contribution in [0.2, 0.25) is 0 Å². The van der Waals surface area contributed by atoms with Gasteiger partial charge in [-0.2, -0.15) is 0 Å². The van der Waals surface area contributed by atoms with Crippen molar-refractivity contribution in [3.8, 4) is 0 Å². The molecule has 1 unspecified atom stereocenters. The van der Waals surface area contributed by atoms with E-state index in [9.17, 15) is 0 Å². The summed E-state index contributed by atoms with van der Waals surface area (Å²) in [5, 5.41) is 0. The van der Waals surface area contributed by atoms with Crippen LogP contribution in [-0.4, -0.2) is 47.1 Å². The maximum atomic E-state index is 2.60. The average molecular weight is 212 g/mol. The molecule has 1 heterocycles. The average Bonchev–Trinajstić information content (AvgIpc) is 2.47. The molecule has 0 N–H and O–H groups in total. The molecular formula is C13H28N2. The summed E-state index contributed by atoms with van der Waals surface area (Å²) in [6, 6.07) is 0.726. The quantitative estimate of drug-likeness (QED) is 0.659. The molecule has 0 radical (unpaired) electrons. The van der Waals surface area contributed by atoms with Gasteiger partial charge in [0.2, 0.25) is 0 Å². The Hall–Kier alpha value is -0.0800. The molecule has 0 aliphatic carbocycles. The number of likely N-dealkylation sites (tertiary alicyclic amines) is 1. The highest BCUT2D eigenvalue weighted by Gasteiger charge is 2.35. The largest absolute Gasteiger partial charge is 0.297 e. The molecule has 1 aliphatic heterocycles.